The van der Waals surface area contributed by atoms with Crippen LogP contribution in [0.5, 0.6) is 5.75 Å². The lowest BCUT2D eigenvalue weighted by Crippen LogP contribution is -2.47. The summed E-state index contributed by atoms with van der Waals surface area (Å²) in [5.74, 6) is 0.723. The van der Waals surface area contributed by atoms with Gasteiger partial charge in [0.1, 0.15) is 11.4 Å². The topological polar surface area (TPSA) is 85.0 Å². The Balaban J connectivity index is 2.18. The molecule has 3 rings (SSSR count). The van der Waals surface area contributed by atoms with Crippen LogP contribution in [0.15, 0.2) is 16.7 Å². The fraction of sp³-hybridized carbons (Fsp3) is 0.611. The zero-order chi connectivity index (χ0) is 17.5. The Morgan fingerprint density at radius 3 is 2.79 bits per heavy atom. The molecule has 2 heterocycles. The Labute approximate surface area is 141 Å². The normalized spacial score (nSPS) is 24.2. The highest BCUT2D eigenvalue weighted by molar-refractivity contribution is 5.83. The van der Waals surface area contributed by atoms with Crippen LogP contribution in [-0.4, -0.2) is 41.1 Å². The highest BCUT2D eigenvalue weighted by Crippen LogP contribution is 2.46. The van der Waals surface area contributed by atoms with Gasteiger partial charge in [-0.1, -0.05) is 0 Å². The molecule has 0 saturated heterocycles. The van der Waals surface area contributed by atoms with E-state index in [9.17, 15) is 10.2 Å². The molecule has 0 spiro atoms. The highest BCUT2D eigenvalue weighted by Gasteiger charge is 2.47. The van der Waals surface area contributed by atoms with Crippen molar-refractivity contribution in [3.63, 3.8) is 0 Å². The second-order valence-corrected chi connectivity index (χ2v) is 7.07. The Hall–Kier alpha value is -1.63. The summed E-state index contributed by atoms with van der Waals surface area (Å²) in [7, 11) is 3.20. The highest BCUT2D eigenvalue weighted by atomic mass is 16.5. The molecule has 0 saturated carbocycles. The predicted octanol–water partition coefficient (Wildman–Crippen LogP) is 2.54. The van der Waals surface area contributed by atoms with E-state index in [1.807, 2.05) is 6.07 Å². The number of aliphatic hydroxyl groups excluding tert-OH is 1. The Bertz CT molecular complexity index is 733. The molecule has 6 nitrogen and oxygen atoms in total. The second-order valence-electron chi connectivity index (χ2n) is 7.07. The third-order valence-corrected chi connectivity index (χ3v) is 4.95. The van der Waals surface area contributed by atoms with Gasteiger partial charge in [-0.25, -0.2) is 4.98 Å². The Morgan fingerprint density at radius 2 is 2.17 bits per heavy atom. The average molecular weight is 335 g/mol. The molecule has 0 radical (unpaired) electrons. The number of hydrogen-bond acceptors (Lipinski definition) is 6. The minimum Gasteiger partial charge on any atom is -0.496 e. The SMILES string of the molecule is COc1c2c(nc3occc13)[C@](CCC(C)(C)O)(OC)[C@@H](O)CC2. The van der Waals surface area contributed by atoms with E-state index in [0.29, 0.717) is 37.1 Å². The van der Waals surface area contributed by atoms with Crippen LogP contribution in [0.2, 0.25) is 0 Å². The summed E-state index contributed by atoms with van der Waals surface area (Å²) in [5.41, 5.74) is 0.204. The summed E-state index contributed by atoms with van der Waals surface area (Å²) in [5, 5.41) is 21.7. The molecular weight excluding hydrogens is 310 g/mol. The fourth-order valence-corrected chi connectivity index (χ4v) is 3.60. The predicted molar refractivity (Wildman–Crippen MR) is 89.1 cm³/mol. The van der Waals surface area contributed by atoms with Gasteiger partial charge in [0.05, 0.1) is 36.2 Å². The maximum atomic E-state index is 10.7. The molecule has 2 atom stereocenters. The largest absolute Gasteiger partial charge is 0.496 e. The van der Waals surface area contributed by atoms with E-state index in [4.69, 9.17) is 13.9 Å². The quantitative estimate of drug-likeness (QED) is 0.873. The number of aromatic nitrogens is 1. The molecule has 132 valence electrons. The lowest BCUT2D eigenvalue weighted by atomic mass is 9.75. The van der Waals surface area contributed by atoms with Gasteiger partial charge >= 0.3 is 0 Å². The van der Waals surface area contributed by atoms with Gasteiger partial charge in [-0.15, -0.1) is 0 Å². The molecule has 0 fully saturated rings. The first-order chi connectivity index (χ1) is 11.3. The van der Waals surface area contributed by atoms with Gasteiger partial charge in [0, 0.05) is 12.7 Å². The van der Waals surface area contributed by atoms with Crippen LogP contribution >= 0.6 is 0 Å². The lowest BCUT2D eigenvalue weighted by Gasteiger charge is -2.42. The maximum Gasteiger partial charge on any atom is 0.229 e. The molecule has 0 bridgehead atoms. The number of rotatable bonds is 5. The molecule has 2 aromatic heterocycles. The van der Waals surface area contributed by atoms with Crippen LogP contribution in [-0.2, 0) is 16.8 Å². The zero-order valence-electron chi connectivity index (χ0n) is 14.6. The van der Waals surface area contributed by atoms with Gasteiger partial charge in [-0.2, -0.15) is 0 Å². The number of nitrogens with zero attached hydrogens (tertiary/aromatic N) is 1. The minimum absolute atomic E-state index is 0.448. The molecule has 0 aliphatic heterocycles. The second kappa shape index (κ2) is 6.02. The van der Waals surface area contributed by atoms with E-state index in [1.54, 1.807) is 34.3 Å². The zero-order valence-corrected chi connectivity index (χ0v) is 14.6. The van der Waals surface area contributed by atoms with Gasteiger partial charge in [-0.3, -0.25) is 0 Å². The summed E-state index contributed by atoms with van der Waals surface area (Å²) in [6.45, 7) is 3.49. The van der Waals surface area contributed by atoms with Crippen molar-refractivity contribution in [2.24, 2.45) is 0 Å². The van der Waals surface area contributed by atoms with Crippen molar-refractivity contribution in [3.05, 3.63) is 23.6 Å². The van der Waals surface area contributed by atoms with Crippen molar-refractivity contribution in [2.45, 2.75) is 56.8 Å². The lowest BCUT2D eigenvalue weighted by molar-refractivity contribution is -0.133. The molecule has 1 aliphatic rings. The first kappa shape index (κ1) is 17.2. The molecule has 2 N–H and O–H groups in total. The van der Waals surface area contributed by atoms with Crippen molar-refractivity contribution in [3.8, 4) is 5.75 Å². The number of pyridine rings is 1. The van der Waals surface area contributed by atoms with E-state index in [0.717, 1.165) is 16.7 Å². The molecule has 6 heteroatoms. The average Bonchev–Trinajstić information content (AvgIpc) is 2.99. The standard InChI is InChI=1S/C18H25NO5/c1-17(2,21)8-9-18(23-4)13(20)6-5-11-14(22-3)12-7-10-24-16(12)19-15(11)18/h7,10,13,20-21H,5-6,8-9H2,1-4H3/t13-,18+/m0/s1. The summed E-state index contributed by atoms with van der Waals surface area (Å²) < 4.78 is 16.9. The van der Waals surface area contributed by atoms with Crippen LogP contribution in [0.3, 0.4) is 0 Å². The number of hydrogen-bond donors (Lipinski definition) is 2. The summed E-state index contributed by atoms with van der Waals surface area (Å²) in [6.07, 6.45) is 2.99. The van der Waals surface area contributed by atoms with Gasteiger partial charge < -0.3 is 24.1 Å². The van der Waals surface area contributed by atoms with Crippen molar-refractivity contribution >= 4 is 11.1 Å². The van der Waals surface area contributed by atoms with E-state index < -0.39 is 17.3 Å². The molecule has 0 unspecified atom stereocenters. The summed E-state index contributed by atoms with van der Waals surface area (Å²) in [4.78, 5) is 4.65. The van der Waals surface area contributed by atoms with Crippen LogP contribution in [0, 0.1) is 0 Å². The van der Waals surface area contributed by atoms with Gasteiger partial charge in [0.2, 0.25) is 5.71 Å². The first-order valence-corrected chi connectivity index (χ1v) is 8.22. The van der Waals surface area contributed by atoms with E-state index in [1.165, 1.54) is 0 Å². The molecular formula is C18H25NO5. The molecule has 1 aliphatic carbocycles. The number of methoxy groups -OCH3 is 2. The smallest absolute Gasteiger partial charge is 0.229 e. The number of aliphatic hydroxyl groups is 2. The van der Waals surface area contributed by atoms with Crippen molar-refractivity contribution < 1.29 is 24.1 Å². The van der Waals surface area contributed by atoms with Gasteiger partial charge in [0.15, 0.2) is 0 Å². The molecule has 24 heavy (non-hydrogen) atoms. The first-order valence-electron chi connectivity index (χ1n) is 8.22. The van der Waals surface area contributed by atoms with Crippen LogP contribution in [0.4, 0.5) is 0 Å². The van der Waals surface area contributed by atoms with Crippen LogP contribution < -0.4 is 4.74 Å². The minimum atomic E-state index is -0.984. The summed E-state index contributed by atoms with van der Waals surface area (Å²) >= 11 is 0. The van der Waals surface area contributed by atoms with Crippen molar-refractivity contribution in [1.82, 2.24) is 4.98 Å². The van der Waals surface area contributed by atoms with Crippen LogP contribution in [0.25, 0.3) is 11.1 Å². The van der Waals surface area contributed by atoms with Gasteiger partial charge in [-0.05, 0) is 45.6 Å². The van der Waals surface area contributed by atoms with Gasteiger partial charge in [0.25, 0.3) is 0 Å². The Morgan fingerprint density at radius 1 is 1.42 bits per heavy atom. The third-order valence-electron chi connectivity index (χ3n) is 4.95. The third kappa shape index (κ3) is 2.68. The molecule has 0 amide bonds. The molecule has 2 aromatic rings. The molecule has 0 aromatic carbocycles. The number of furan rings is 1. The van der Waals surface area contributed by atoms with E-state index in [-0.39, 0.29) is 0 Å². The van der Waals surface area contributed by atoms with Crippen LogP contribution in [0.1, 0.15) is 44.4 Å². The van der Waals surface area contributed by atoms with Crippen molar-refractivity contribution in [1.29, 1.82) is 0 Å². The summed E-state index contributed by atoms with van der Waals surface area (Å²) in [6, 6.07) is 1.83. The van der Waals surface area contributed by atoms with Crippen molar-refractivity contribution in [2.75, 3.05) is 14.2 Å². The Kier molecular flexibility index (Phi) is 4.32. The van der Waals surface area contributed by atoms with E-state index in [2.05, 4.69) is 4.98 Å². The number of fused-ring (bicyclic) bond motifs is 2. The maximum absolute atomic E-state index is 10.7. The number of ether oxygens (including phenoxy) is 2. The monoisotopic (exact) mass is 335 g/mol. The fourth-order valence-electron chi connectivity index (χ4n) is 3.60. The van der Waals surface area contributed by atoms with E-state index >= 15 is 0 Å².